The summed E-state index contributed by atoms with van der Waals surface area (Å²) in [7, 11) is 0. The van der Waals surface area contributed by atoms with Gasteiger partial charge in [-0.15, -0.1) is 0 Å². The van der Waals surface area contributed by atoms with E-state index < -0.39 is 11.9 Å². The van der Waals surface area contributed by atoms with Crippen LogP contribution in [-0.2, 0) is 16.1 Å². The number of fused-ring (bicyclic) bond motifs is 2. The molecular formula is C25H24FN5O3. The smallest absolute Gasteiger partial charge is 0.268 e. The number of halogens is 1. The number of nitriles is 1. The van der Waals surface area contributed by atoms with Crippen LogP contribution in [0.5, 0.6) is 5.75 Å². The number of amides is 2. The van der Waals surface area contributed by atoms with Crippen molar-refractivity contribution in [2.45, 2.75) is 45.8 Å². The summed E-state index contributed by atoms with van der Waals surface area (Å²) in [5.74, 6) is -0.793. The fraction of sp³-hybridized carbons (Fsp3) is 0.360. The Hall–Kier alpha value is -3.93. The lowest BCUT2D eigenvalue weighted by Gasteiger charge is -2.34. The number of aromatic nitrogens is 2. The summed E-state index contributed by atoms with van der Waals surface area (Å²) in [6, 6.07) is 8.82. The van der Waals surface area contributed by atoms with Crippen LogP contribution >= 0.6 is 0 Å². The van der Waals surface area contributed by atoms with Crippen molar-refractivity contribution in [2.24, 2.45) is 0 Å². The molecule has 0 saturated carbocycles. The highest BCUT2D eigenvalue weighted by molar-refractivity contribution is 6.00. The van der Waals surface area contributed by atoms with Gasteiger partial charge in [-0.25, -0.2) is 9.37 Å². The molecule has 2 aliphatic heterocycles. The third kappa shape index (κ3) is 3.55. The molecule has 2 atom stereocenters. The summed E-state index contributed by atoms with van der Waals surface area (Å²) in [6.07, 6.45) is 1.57. The molecule has 8 nitrogen and oxygen atoms in total. The monoisotopic (exact) mass is 461 g/mol. The zero-order valence-corrected chi connectivity index (χ0v) is 19.2. The average molecular weight is 461 g/mol. The molecular weight excluding hydrogens is 437 g/mol. The third-order valence-corrected chi connectivity index (χ3v) is 6.71. The van der Waals surface area contributed by atoms with Gasteiger partial charge >= 0.3 is 0 Å². The van der Waals surface area contributed by atoms with Gasteiger partial charge in [-0.2, -0.15) is 5.26 Å². The number of hydrogen-bond acceptors (Lipinski definition) is 5. The maximum atomic E-state index is 15.2. The Labute approximate surface area is 196 Å². The van der Waals surface area contributed by atoms with Gasteiger partial charge in [0.15, 0.2) is 17.7 Å². The van der Waals surface area contributed by atoms with Crippen molar-refractivity contribution in [3.05, 3.63) is 58.8 Å². The fourth-order valence-electron chi connectivity index (χ4n) is 4.82. The van der Waals surface area contributed by atoms with Crippen LogP contribution in [0.15, 0.2) is 30.5 Å². The van der Waals surface area contributed by atoms with E-state index in [4.69, 9.17) is 4.74 Å². The van der Waals surface area contributed by atoms with Crippen LogP contribution < -0.4 is 9.64 Å². The Morgan fingerprint density at radius 2 is 2.15 bits per heavy atom. The van der Waals surface area contributed by atoms with Crippen LogP contribution in [0, 0.1) is 24.1 Å². The summed E-state index contributed by atoms with van der Waals surface area (Å²) in [6.45, 7) is 6.26. The lowest BCUT2D eigenvalue weighted by molar-refractivity contribution is -0.128. The van der Waals surface area contributed by atoms with Crippen molar-refractivity contribution in [3.8, 4) is 11.8 Å². The van der Waals surface area contributed by atoms with Crippen LogP contribution in [-0.4, -0.2) is 45.3 Å². The summed E-state index contributed by atoms with van der Waals surface area (Å²) in [5, 5.41) is 9.31. The zero-order valence-electron chi connectivity index (χ0n) is 19.2. The Bertz CT molecular complexity index is 1380. The number of pyridine rings is 1. The van der Waals surface area contributed by atoms with Gasteiger partial charge < -0.3 is 14.0 Å². The second-order valence-corrected chi connectivity index (χ2v) is 8.89. The molecule has 5 rings (SSSR count). The number of hydrogen-bond donors (Lipinski definition) is 0. The van der Waals surface area contributed by atoms with Gasteiger partial charge in [0.2, 0.25) is 5.91 Å². The standard InChI is InChI=1S/C25H24FN5O3/c1-14-22(30-11-17(10-27)4-5-23(30)28-14)13-31-21-9-19(18-6-7-29(12-18)16(3)32)8-20(26)24(21)34-15(2)25(31)33/h4-5,8-9,11,15,18H,6-7,12-13H2,1-3H3/t15-,18?/m1/s1. The van der Waals surface area contributed by atoms with E-state index in [1.807, 2.05) is 6.92 Å². The van der Waals surface area contributed by atoms with Crippen molar-refractivity contribution in [1.82, 2.24) is 14.3 Å². The van der Waals surface area contributed by atoms with Gasteiger partial charge in [-0.1, -0.05) is 0 Å². The van der Waals surface area contributed by atoms with Crippen molar-refractivity contribution in [1.29, 1.82) is 5.26 Å². The molecule has 1 fully saturated rings. The number of likely N-dealkylation sites (tertiary alicyclic amines) is 1. The van der Waals surface area contributed by atoms with E-state index in [9.17, 15) is 14.9 Å². The predicted octanol–water partition coefficient (Wildman–Crippen LogP) is 3.30. The molecule has 2 aliphatic rings. The molecule has 1 aromatic carbocycles. The number of carbonyl (C=O) groups is 2. The van der Waals surface area contributed by atoms with Gasteiger partial charge in [-0.05, 0) is 50.1 Å². The minimum absolute atomic E-state index is 0.00489. The Morgan fingerprint density at radius 3 is 2.85 bits per heavy atom. The molecule has 3 aromatic rings. The van der Waals surface area contributed by atoms with Crippen molar-refractivity contribution in [2.75, 3.05) is 18.0 Å². The van der Waals surface area contributed by atoms with E-state index in [1.165, 1.54) is 17.9 Å². The topological polar surface area (TPSA) is 90.9 Å². The molecule has 2 amide bonds. The van der Waals surface area contributed by atoms with E-state index in [2.05, 4.69) is 11.1 Å². The van der Waals surface area contributed by atoms with Crippen molar-refractivity contribution < 1.29 is 18.7 Å². The Kier molecular flexibility index (Phi) is 5.24. The molecule has 0 spiro atoms. The van der Waals surface area contributed by atoms with Crippen molar-refractivity contribution in [3.63, 3.8) is 0 Å². The first-order chi connectivity index (χ1) is 16.3. The van der Waals surface area contributed by atoms with Crippen LogP contribution in [0.1, 0.15) is 48.7 Å². The summed E-state index contributed by atoms with van der Waals surface area (Å²) < 4.78 is 22.7. The van der Waals surface area contributed by atoms with E-state index >= 15 is 4.39 Å². The quantitative estimate of drug-likeness (QED) is 0.597. The molecule has 2 aromatic heterocycles. The first kappa shape index (κ1) is 21.9. The van der Waals surface area contributed by atoms with E-state index in [0.717, 1.165) is 17.7 Å². The number of imidazole rings is 1. The Balaban J connectivity index is 1.57. The predicted molar refractivity (Wildman–Crippen MR) is 122 cm³/mol. The zero-order chi connectivity index (χ0) is 24.1. The van der Waals surface area contributed by atoms with Gasteiger partial charge in [0.1, 0.15) is 11.7 Å². The molecule has 0 bridgehead atoms. The largest absolute Gasteiger partial charge is 0.476 e. The van der Waals surface area contributed by atoms with E-state index in [1.54, 1.807) is 40.6 Å². The molecule has 1 saturated heterocycles. The fourth-order valence-corrected chi connectivity index (χ4v) is 4.82. The SMILES string of the molecule is CC(=O)N1CCC(c2cc(F)c3c(c2)N(Cc2c(C)nc4ccc(C#N)cn24)C(=O)[C@@H](C)O3)C1. The number of nitrogens with zero attached hydrogens (tertiary/aromatic N) is 5. The van der Waals surface area contributed by atoms with E-state index in [-0.39, 0.29) is 30.0 Å². The minimum Gasteiger partial charge on any atom is -0.476 e. The van der Waals surface area contributed by atoms with Gasteiger partial charge in [0.25, 0.3) is 5.91 Å². The molecule has 0 N–H and O–H groups in total. The number of anilines is 1. The molecule has 4 heterocycles. The Morgan fingerprint density at radius 1 is 1.35 bits per heavy atom. The number of rotatable bonds is 3. The summed E-state index contributed by atoms with van der Waals surface area (Å²) in [5.41, 5.74) is 3.68. The summed E-state index contributed by atoms with van der Waals surface area (Å²) >= 11 is 0. The maximum Gasteiger partial charge on any atom is 0.268 e. The first-order valence-corrected chi connectivity index (χ1v) is 11.2. The van der Waals surface area contributed by atoms with Gasteiger partial charge in [0, 0.05) is 32.1 Å². The van der Waals surface area contributed by atoms with Crippen LogP contribution in [0.2, 0.25) is 0 Å². The third-order valence-electron chi connectivity index (χ3n) is 6.71. The van der Waals surface area contributed by atoms with Gasteiger partial charge in [-0.3, -0.25) is 14.5 Å². The molecule has 1 unspecified atom stereocenters. The highest BCUT2D eigenvalue weighted by atomic mass is 19.1. The summed E-state index contributed by atoms with van der Waals surface area (Å²) in [4.78, 5) is 32.8. The average Bonchev–Trinajstić information content (AvgIpc) is 3.42. The normalized spacial score (nSPS) is 19.8. The maximum absolute atomic E-state index is 15.2. The second kappa shape index (κ2) is 8.13. The molecule has 34 heavy (non-hydrogen) atoms. The highest BCUT2D eigenvalue weighted by Crippen LogP contribution is 2.41. The molecule has 0 radical (unpaired) electrons. The molecule has 0 aliphatic carbocycles. The number of benzene rings is 1. The van der Waals surface area contributed by atoms with Gasteiger partial charge in [0.05, 0.1) is 29.2 Å². The number of aryl methyl sites for hydroxylation is 1. The van der Waals surface area contributed by atoms with Crippen LogP contribution in [0.3, 0.4) is 0 Å². The lowest BCUT2D eigenvalue weighted by atomic mass is 9.96. The molecule has 174 valence electrons. The van der Waals surface area contributed by atoms with Crippen LogP contribution in [0.25, 0.3) is 5.65 Å². The lowest BCUT2D eigenvalue weighted by Crippen LogP contribution is -2.44. The number of carbonyl (C=O) groups excluding carboxylic acids is 2. The van der Waals surface area contributed by atoms with E-state index in [0.29, 0.717) is 35.7 Å². The van der Waals surface area contributed by atoms with Crippen molar-refractivity contribution >= 4 is 23.1 Å². The number of ether oxygens (including phenoxy) is 1. The highest BCUT2D eigenvalue weighted by Gasteiger charge is 2.36. The first-order valence-electron chi connectivity index (χ1n) is 11.2. The van der Waals surface area contributed by atoms with Crippen LogP contribution in [0.4, 0.5) is 10.1 Å². The molecule has 9 heteroatoms. The minimum atomic E-state index is -0.846. The second-order valence-electron chi connectivity index (χ2n) is 8.89.